The van der Waals surface area contributed by atoms with Gasteiger partial charge in [0.05, 0.1) is 25.4 Å². The lowest BCUT2D eigenvalue weighted by molar-refractivity contribution is -0.121. The third-order valence-electron chi connectivity index (χ3n) is 5.30. The highest BCUT2D eigenvalue weighted by Gasteiger charge is 2.26. The van der Waals surface area contributed by atoms with Gasteiger partial charge in [0.25, 0.3) is 11.8 Å². The fourth-order valence-electron chi connectivity index (χ4n) is 3.64. The van der Waals surface area contributed by atoms with Gasteiger partial charge in [-0.2, -0.15) is 0 Å². The summed E-state index contributed by atoms with van der Waals surface area (Å²) in [5, 5.41) is 2.90. The van der Waals surface area contributed by atoms with Gasteiger partial charge in [-0.25, -0.2) is 0 Å². The predicted octanol–water partition coefficient (Wildman–Crippen LogP) is 1.97. The Morgan fingerprint density at radius 1 is 1.17 bits per heavy atom. The molecule has 1 fully saturated rings. The fraction of sp³-hybridized carbons (Fsp3) is 0.455. The molecule has 3 heterocycles. The lowest BCUT2D eigenvalue weighted by Gasteiger charge is -2.28. The van der Waals surface area contributed by atoms with Crippen LogP contribution in [0.5, 0.6) is 5.75 Å². The molecule has 0 atom stereocenters. The molecule has 0 bridgehead atoms. The van der Waals surface area contributed by atoms with E-state index in [4.69, 9.17) is 13.9 Å². The van der Waals surface area contributed by atoms with Gasteiger partial charge in [0.1, 0.15) is 11.5 Å². The van der Waals surface area contributed by atoms with Gasteiger partial charge in [-0.05, 0) is 49.7 Å². The van der Waals surface area contributed by atoms with Gasteiger partial charge >= 0.3 is 0 Å². The monoisotopic (exact) mass is 413 g/mol. The molecule has 30 heavy (non-hydrogen) atoms. The van der Waals surface area contributed by atoms with Gasteiger partial charge in [-0.3, -0.25) is 19.4 Å². The van der Waals surface area contributed by atoms with Gasteiger partial charge < -0.3 is 19.2 Å². The number of furan rings is 1. The third kappa shape index (κ3) is 4.83. The molecule has 0 unspecified atom stereocenters. The molecule has 0 spiro atoms. The van der Waals surface area contributed by atoms with E-state index in [-0.39, 0.29) is 30.7 Å². The molecule has 1 aromatic carbocycles. The summed E-state index contributed by atoms with van der Waals surface area (Å²) in [7, 11) is 0. The summed E-state index contributed by atoms with van der Waals surface area (Å²) in [6.07, 6.45) is 0.873. The zero-order valence-electron chi connectivity index (χ0n) is 17.2. The topological polar surface area (TPSA) is 84.2 Å². The highest BCUT2D eigenvalue weighted by atomic mass is 16.5. The van der Waals surface area contributed by atoms with Crippen molar-refractivity contribution in [1.29, 1.82) is 0 Å². The largest absolute Gasteiger partial charge is 0.482 e. The maximum absolute atomic E-state index is 12.4. The Hall–Kier alpha value is -2.84. The number of ether oxygens (including phenoxy) is 2. The van der Waals surface area contributed by atoms with Crippen LogP contribution in [0.15, 0.2) is 34.7 Å². The second-order valence-electron chi connectivity index (χ2n) is 7.57. The zero-order valence-corrected chi connectivity index (χ0v) is 17.2. The van der Waals surface area contributed by atoms with Gasteiger partial charge in [-0.15, -0.1) is 0 Å². The van der Waals surface area contributed by atoms with Crippen LogP contribution in [0.3, 0.4) is 0 Å². The summed E-state index contributed by atoms with van der Waals surface area (Å²) >= 11 is 0. The molecule has 2 aliphatic rings. The summed E-state index contributed by atoms with van der Waals surface area (Å²) in [6.45, 7) is 7.18. The van der Waals surface area contributed by atoms with Crippen molar-refractivity contribution in [3.05, 3.63) is 47.4 Å². The minimum atomic E-state index is -0.243. The molecule has 0 radical (unpaired) electrons. The van der Waals surface area contributed by atoms with Crippen LogP contribution in [0.2, 0.25) is 0 Å². The number of benzene rings is 1. The number of hydrogen-bond acceptors (Lipinski definition) is 6. The molecule has 8 nitrogen and oxygen atoms in total. The minimum Gasteiger partial charge on any atom is -0.482 e. The molecule has 2 aliphatic heterocycles. The maximum atomic E-state index is 12.4. The zero-order chi connectivity index (χ0) is 20.9. The molecular formula is C22H27N3O5. The Bertz CT molecular complexity index is 904. The molecule has 0 saturated carbocycles. The van der Waals surface area contributed by atoms with E-state index < -0.39 is 0 Å². The van der Waals surface area contributed by atoms with E-state index in [2.05, 4.69) is 10.2 Å². The fourth-order valence-corrected chi connectivity index (χ4v) is 3.64. The quantitative estimate of drug-likeness (QED) is 0.699. The van der Waals surface area contributed by atoms with Crippen LogP contribution in [0.25, 0.3) is 0 Å². The third-order valence-corrected chi connectivity index (χ3v) is 5.30. The Morgan fingerprint density at radius 2 is 2.00 bits per heavy atom. The summed E-state index contributed by atoms with van der Waals surface area (Å²) in [5.74, 6) is 1.10. The van der Waals surface area contributed by atoms with Crippen molar-refractivity contribution in [3.8, 4) is 5.75 Å². The minimum absolute atomic E-state index is 0.00630. The first-order valence-corrected chi connectivity index (χ1v) is 10.3. The number of nitrogens with one attached hydrogen (secondary N) is 1. The van der Waals surface area contributed by atoms with E-state index in [9.17, 15) is 9.59 Å². The number of morpholine rings is 1. The number of nitrogens with zero attached hydrogens (tertiary/aromatic N) is 2. The molecule has 2 aromatic rings. The Morgan fingerprint density at radius 3 is 2.83 bits per heavy atom. The number of anilines is 1. The van der Waals surface area contributed by atoms with E-state index in [0.717, 1.165) is 44.8 Å². The van der Waals surface area contributed by atoms with Crippen molar-refractivity contribution >= 4 is 17.5 Å². The average Bonchev–Trinajstić information content (AvgIpc) is 3.23. The summed E-state index contributed by atoms with van der Waals surface area (Å²) in [5.41, 5.74) is 1.77. The molecule has 2 amide bonds. The molecule has 1 N–H and O–H groups in total. The smallest absolute Gasteiger partial charge is 0.286 e. The highest BCUT2D eigenvalue weighted by Crippen LogP contribution is 2.34. The lowest BCUT2D eigenvalue weighted by Crippen LogP contribution is -2.38. The van der Waals surface area contributed by atoms with Gasteiger partial charge in [0.2, 0.25) is 0 Å². The van der Waals surface area contributed by atoms with E-state index in [0.29, 0.717) is 23.7 Å². The van der Waals surface area contributed by atoms with Crippen LogP contribution in [-0.4, -0.2) is 62.7 Å². The van der Waals surface area contributed by atoms with E-state index in [1.165, 1.54) is 0 Å². The van der Waals surface area contributed by atoms with Crippen molar-refractivity contribution < 1.29 is 23.5 Å². The molecular weight excluding hydrogens is 386 g/mol. The van der Waals surface area contributed by atoms with E-state index >= 15 is 0 Å². The SMILES string of the molecule is Cc1ccc2c(c1)OCC(=O)N2Cc1ccc(C(=O)NCCCN2CCOCC2)o1. The van der Waals surface area contributed by atoms with Gasteiger partial charge in [-0.1, -0.05) is 6.07 Å². The Balaban J connectivity index is 1.30. The standard InChI is InChI=1S/C22H27N3O5/c1-16-3-5-18-20(13-16)29-15-21(26)25(18)14-17-4-6-19(30-17)22(27)23-7-2-8-24-9-11-28-12-10-24/h3-6,13H,2,7-12,14-15H2,1H3,(H,23,27). The van der Waals surface area contributed by atoms with Crippen molar-refractivity contribution in [2.75, 3.05) is 50.9 Å². The number of amides is 2. The molecule has 0 aliphatic carbocycles. The van der Waals surface area contributed by atoms with Gasteiger partial charge in [0, 0.05) is 19.6 Å². The normalized spacial score (nSPS) is 16.8. The number of fused-ring (bicyclic) bond motifs is 1. The Kier molecular flexibility index (Phi) is 6.35. The number of carbonyl (C=O) groups excluding carboxylic acids is 2. The van der Waals surface area contributed by atoms with Crippen molar-refractivity contribution in [2.45, 2.75) is 19.9 Å². The molecule has 160 valence electrons. The van der Waals surface area contributed by atoms with Crippen molar-refractivity contribution in [1.82, 2.24) is 10.2 Å². The van der Waals surface area contributed by atoms with Crippen LogP contribution in [0.4, 0.5) is 5.69 Å². The van der Waals surface area contributed by atoms with E-state index in [1.54, 1.807) is 17.0 Å². The first kappa shape index (κ1) is 20.4. The van der Waals surface area contributed by atoms with E-state index in [1.807, 2.05) is 25.1 Å². The molecule has 4 rings (SSSR count). The average molecular weight is 413 g/mol. The number of hydrogen-bond donors (Lipinski definition) is 1. The predicted molar refractivity (Wildman–Crippen MR) is 111 cm³/mol. The summed E-state index contributed by atoms with van der Waals surface area (Å²) < 4.78 is 16.6. The lowest BCUT2D eigenvalue weighted by atomic mass is 10.1. The Labute approximate surface area is 175 Å². The number of carbonyl (C=O) groups is 2. The van der Waals surface area contributed by atoms with Crippen LogP contribution < -0.4 is 15.0 Å². The van der Waals surface area contributed by atoms with Crippen LogP contribution >= 0.6 is 0 Å². The first-order chi connectivity index (χ1) is 14.6. The van der Waals surface area contributed by atoms with Crippen molar-refractivity contribution in [3.63, 3.8) is 0 Å². The number of aryl methyl sites for hydroxylation is 1. The van der Waals surface area contributed by atoms with Crippen molar-refractivity contribution in [2.24, 2.45) is 0 Å². The second-order valence-corrected chi connectivity index (χ2v) is 7.57. The molecule has 1 saturated heterocycles. The summed E-state index contributed by atoms with van der Waals surface area (Å²) in [6, 6.07) is 9.10. The molecule has 1 aromatic heterocycles. The summed E-state index contributed by atoms with van der Waals surface area (Å²) in [4.78, 5) is 28.7. The van der Waals surface area contributed by atoms with Gasteiger partial charge in [0.15, 0.2) is 12.4 Å². The second kappa shape index (κ2) is 9.32. The van der Waals surface area contributed by atoms with Crippen LogP contribution in [0, 0.1) is 6.92 Å². The maximum Gasteiger partial charge on any atom is 0.286 e. The van der Waals surface area contributed by atoms with Crippen LogP contribution in [0.1, 0.15) is 28.3 Å². The molecule has 8 heteroatoms. The first-order valence-electron chi connectivity index (χ1n) is 10.3. The van der Waals surface area contributed by atoms with Crippen LogP contribution in [-0.2, 0) is 16.1 Å². The highest BCUT2D eigenvalue weighted by molar-refractivity contribution is 5.97. The number of rotatable bonds is 7.